The van der Waals surface area contributed by atoms with E-state index in [-0.39, 0.29) is 5.69 Å². The molecule has 0 spiro atoms. The fourth-order valence-electron chi connectivity index (χ4n) is 3.12. The molecule has 4 heterocycles. The van der Waals surface area contributed by atoms with Crippen molar-refractivity contribution in [1.82, 2.24) is 19.9 Å². The first-order valence-electron chi connectivity index (χ1n) is 8.57. The van der Waals surface area contributed by atoms with Crippen LogP contribution in [-0.2, 0) is 4.74 Å². The number of anilines is 1. The molecule has 2 aliphatic rings. The molecule has 0 aliphatic carbocycles. The molecule has 2 aliphatic heterocycles. The highest BCUT2D eigenvalue weighted by molar-refractivity contribution is 6.30. The number of rotatable bonds is 2. The van der Waals surface area contributed by atoms with Gasteiger partial charge in [0.15, 0.2) is 5.69 Å². The number of aromatic nitrogens is 3. The van der Waals surface area contributed by atoms with Crippen LogP contribution < -0.4 is 9.80 Å². The van der Waals surface area contributed by atoms with Crippen molar-refractivity contribution in [2.75, 3.05) is 38.1 Å². The van der Waals surface area contributed by atoms with Gasteiger partial charge in [0.1, 0.15) is 11.5 Å². The molecule has 0 radical (unpaired) electrons. The van der Waals surface area contributed by atoms with E-state index in [0.717, 1.165) is 13.1 Å². The summed E-state index contributed by atoms with van der Waals surface area (Å²) in [6.07, 6.45) is 2.81. The number of nitrogens with one attached hydrogen (secondary N) is 1. The first-order chi connectivity index (χ1) is 13.0. The summed E-state index contributed by atoms with van der Waals surface area (Å²) < 4.78 is 5.69. The van der Waals surface area contributed by atoms with E-state index in [1.54, 1.807) is 17.0 Å². The molecule has 140 valence electrons. The number of carbonyl (C=O) groups is 2. The van der Waals surface area contributed by atoms with Gasteiger partial charge in [-0.1, -0.05) is 11.6 Å². The van der Waals surface area contributed by atoms with E-state index in [2.05, 4.69) is 22.0 Å². The quantitative estimate of drug-likeness (QED) is 0.786. The van der Waals surface area contributed by atoms with Gasteiger partial charge in [0.05, 0.1) is 38.2 Å². The minimum Gasteiger partial charge on any atom is -0.419 e. The van der Waals surface area contributed by atoms with Gasteiger partial charge in [0, 0.05) is 18.6 Å². The fourth-order valence-corrected chi connectivity index (χ4v) is 3.23. The number of hydrogen-bond acceptors (Lipinski definition) is 6. The lowest BCUT2D eigenvalue weighted by Crippen LogP contribution is -3.12. The van der Waals surface area contributed by atoms with Crippen LogP contribution in [0.15, 0.2) is 30.7 Å². The summed E-state index contributed by atoms with van der Waals surface area (Å²) in [5, 5.41) is 0.438. The number of quaternary nitrogens is 1. The second-order valence-corrected chi connectivity index (χ2v) is 6.92. The minimum atomic E-state index is -1.02. The summed E-state index contributed by atoms with van der Waals surface area (Å²) in [6.45, 7) is 2.88. The van der Waals surface area contributed by atoms with E-state index in [4.69, 9.17) is 16.3 Å². The standard InChI is InChI=1S/C17H17ClN6O3/c1-22-6-8-23(9-7-22)17(26)27-16-14-13(19-4-5-20-14)15(25)24(16)12-3-2-11(18)10-21-12/h2-5,10,16H,6-9H2,1H3/p+1/t16-/m0/s1. The molecular formula is C17H18ClN6O3+. The average molecular weight is 390 g/mol. The summed E-state index contributed by atoms with van der Waals surface area (Å²) in [5.74, 6) is -0.113. The van der Waals surface area contributed by atoms with E-state index in [1.807, 2.05) is 0 Å². The number of fused-ring (bicyclic) bond motifs is 1. The highest BCUT2D eigenvalue weighted by Gasteiger charge is 2.44. The van der Waals surface area contributed by atoms with Crippen LogP contribution in [0.1, 0.15) is 22.4 Å². The molecule has 1 N–H and O–H groups in total. The van der Waals surface area contributed by atoms with Crippen molar-refractivity contribution < 1.29 is 19.2 Å². The van der Waals surface area contributed by atoms with Crippen molar-refractivity contribution in [3.05, 3.63) is 47.1 Å². The third-order valence-electron chi connectivity index (χ3n) is 4.66. The summed E-state index contributed by atoms with van der Waals surface area (Å²) >= 11 is 5.89. The van der Waals surface area contributed by atoms with Crippen LogP contribution in [0.5, 0.6) is 0 Å². The molecule has 9 nitrogen and oxygen atoms in total. The van der Waals surface area contributed by atoms with E-state index < -0.39 is 18.2 Å². The molecule has 1 fully saturated rings. The van der Waals surface area contributed by atoms with Crippen LogP contribution in [0.4, 0.5) is 10.6 Å². The molecule has 0 bridgehead atoms. The highest BCUT2D eigenvalue weighted by Crippen LogP contribution is 2.35. The van der Waals surface area contributed by atoms with E-state index in [9.17, 15) is 9.59 Å². The Kier molecular flexibility index (Phi) is 4.63. The Labute approximate surface area is 160 Å². The minimum absolute atomic E-state index is 0.148. The summed E-state index contributed by atoms with van der Waals surface area (Å²) in [5.41, 5.74) is 0.447. The van der Waals surface area contributed by atoms with Gasteiger partial charge >= 0.3 is 6.09 Å². The molecule has 10 heteroatoms. The average Bonchev–Trinajstić information content (AvgIpc) is 2.95. The lowest BCUT2D eigenvalue weighted by atomic mass is 10.3. The molecule has 4 rings (SSSR count). The van der Waals surface area contributed by atoms with Gasteiger partial charge in [-0.2, -0.15) is 0 Å². The predicted octanol–water partition coefficient (Wildman–Crippen LogP) is 0.151. The number of carbonyl (C=O) groups excluding carboxylic acids is 2. The molecule has 1 saturated heterocycles. The van der Waals surface area contributed by atoms with Crippen molar-refractivity contribution in [2.24, 2.45) is 0 Å². The number of pyridine rings is 1. The van der Waals surface area contributed by atoms with Crippen LogP contribution in [0, 0.1) is 0 Å². The van der Waals surface area contributed by atoms with Crippen molar-refractivity contribution in [3.63, 3.8) is 0 Å². The number of amides is 2. The number of nitrogens with zero attached hydrogens (tertiary/aromatic N) is 5. The molecular weight excluding hydrogens is 372 g/mol. The molecule has 2 aromatic rings. The molecule has 0 aromatic carbocycles. The molecule has 27 heavy (non-hydrogen) atoms. The maximum atomic E-state index is 12.8. The number of piperazine rings is 1. The van der Waals surface area contributed by atoms with Crippen molar-refractivity contribution >= 4 is 29.4 Å². The van der Waals surface area contributed by atoms with Crippen LogP contribution in [-0.4, -0.2) is 65.1 Å². The van der Waals surface area contributed by atoms with E-state index in [0.29, 0.717) is 29.6 Å². The van der Waals surface area contributed by atoms with Crippen LogP contribution in [0.3, 0.4) is 0 Å². The number of likely N-dealkylation sites (N-methyl/N-ethyl adjacent to an activating group) is 1. The van der Waals surface area contributed by atoms with Crippen molar-refractivity contribution in [2.45, 2.75) is 6.23 Å². The van der Waals surface area contributed by atoms with Crippen LogP contribution in [0.2, 0.25) is 5.02 Å². The molecule has 2 amide bonds. The number of halogens is 1. The Balaban J connectivity index is 1.63. The molecule has 0 unspecified atom stereocenters. The van der Waals surface area contributed by atoms with Gasteiger partial charge in [0.25, 0.3) is 5.91 Å². The Bertz CT molecular complexity index is 869. The third kappa shape index (κ3) is 3.31. The predicted molar refractivity (Wildman–Crippen MR) is 95.5 cm³/mol. The number of hydrogen-bond donors (Lipinski definition) is 1. The Morgan fingerprint density at radius 3 is 2.67 bits per heavy atom. The van der Waals surface area contributed by atoms with E-state index >= 15 is 0 Å². The largest absolute Gasteiger partial charge is 0.419 e. The fraction of sp³-hybridized carbons (Fsp3) is 0.353. The SMILES string of the molecule is C[NH+]1CCN(C(=O)O[C@H]2c3nccnc3C(=O)N2c2ccc(Cl)cn2)CC1. The van der Waals surface area contributed by atoms with Gasteiger partial charge < -0.3 is 9.64 Å². The van der Waals surface area contributed by atoms with Gasteiger partial charge in [-0.3, -0.25) is 14.7 Å². The zero-order valence-electron chi connectivity index (χ0n) is 14.6. The zero-order chi connectivity index (χ0) is 19.0. The normalized spacial score (nSPS) is 19.9. The first-order valence-corrected chi connectivity index (χ1v) is 8.95. The second-order valence-electron chi connectivity index (χ2n) is 6.48. The Morgan fingerprint density at radius 1 is 1.22 bits per heavy atom. The maximum absolute atomic E-state index is 12.8. The lowest BCUT2D eigenvalue weighted by Gasteiger charge is -2.31. The smallest absolute Gasteiger partial charge is 0.412 e. The maximum Gasteiger partial charge on any atom is 0.412 e. The Hall–Kier alpha value is -2.78. The van der Waals surface area contributed by atoms with E-state index in [1.165, 1.54) is 28.4 Å². The van der Waals surface area contributed by atoms with Crippen molar-refractivity contribution in [3.8, 4) is 0 Å². The topological polar surface area (TPSA) is 93.0 Å². The van der Waals surface area contributed by atoms with Crippen LogP contribution in [0.25, 0.3) is 0 Å². The summed E-state index contributed by atoms with van der Waals surface area (Å²) in [4.78, 5) is 42.3. The van der Waals surface area contributed by atoms with Crippen molar-refractivity contribution in [1.29, 1.82) is 0 Å². The van der Waals surface area contributed by atoms with Gasteiger partial charge in [-0.05, 0) is 12.1 Å². The molecule has 2 aromatic heterocycles. The highest BCUT2D eigenvalue weighted by atomic mass is 35.5. The Morgan fingerprint density at radius 2 is 1.96 bits per heavy atom. The first kappa shape index (κ1) is 17.6. The zero-order valence-corrected chi connectivity index (χ0v) is 15.4. The van der Waals surface area contributed by atoms with Gasteiger partial charge in [-0.15, -0.1) is 0 Å². The number of ether oxygens (including phenoxy) is 1. The van der Waals surface area contributed by atoms with Gasteiger partial charge in [0.2, 0.25) is 6.23 Å². The van der Waals surface area contributed by atoms with Gasteiger partial charge in [-0.25, -0.2) is 19.7 Å². The molecule has 0 saturated carbocycles. The lowest BCUT2D eigenvalue weighted by molar-refractivity contribution is -0.883. The van der Waals surface area contributed by atoms with Crippen LogP contribution >= 0.6 is 11.6 Å². The second kappa shape index (κ2) is 7.09. The molecule has 1 atom stereocenters. The monoisotopic (exact) mass is 389 g/mol. The summed E-state index contributed by atoms with van der Waals surface area (Å²) in [7, 11) is 2.08. The third-order valence-corrected chi connectivity index (χ3v) is 4.89. The summed E-state index contributed by atoms with van der Waals surface area (Å²) in [6, 6.07) is 3.20.